The smallest absolute Gasteiger partial charge is 0.311 e. The molecule has 0 saturated carbocycles. The fourth-order valence-corrected chi connectivity index (χ4v) is 3.29. The number of aryl methyl sites for hydroxylation is 2. The topological polar surface area (TPSA) is 87.0 Å². The quantitative estimate of drug-likeness (QED) is 0.643. The van der Waals surface area contributed by atoms with Crippen molar-refractivity contribution in [1.29, 1.82) is 0 Å². The predicted molar refractivity (Wildman–Crippen MR) is 111 cm³/mol. The number of benzene rings is 2. The number of nitrogens with one attached hydrogen (secondary N) is 1. The Balaban J connectivity index is 1.37. The van der Waals surface area contributed by atoms with E-state index in [1.165, 1.54) is 6.92 Å². The van der Waals surface area contributed by atoms with Gasteiger partial charge in [-0.3, -0.25) is 9.59 Å². The maximum Gasteiger partial charge on any atom is 0.311 e. The molecule has 1 aliphatic heterocycles. The van der Waals surface area contributed by atoms with Crippen LogP contribution in [0, 0.1) is 13.8 Å². The highest BCUT2D eigenvalue weighted by atomic mass is 16.6. The van der Waals surface area contributed by atoms with E-state index in [0.29, 0.717) is 30.4 Å². The summed E-state index contributed by atoms with van der Waals surface area (Å²) in [5.41, 5.74) is 4.24. The molecular formula is C23H23NO6. The van der Waals surface area contributed by atoms with Gasteiger partial charge in [-0.05, 0) is 56.2 Å². The van der Waals surface area contributed by atoms with Gasteiger partial charge in [-0.15, -0.1) is 0 Å². The molecule has 0 spiro atoms. The van der Waals surface area contributed by atoms with E-state index in [1.807, 2.05) is 26.0 Å². The zero-order chi connectivity index (χ0) is 21.3. The second-order valence-electron chi connectivity index (χ2n) is 7.35. The molecule has 0 fully saturated rings. The molecule has 0 saturated heterocycles. The number of anilines is 1. The van der Waals surface area contributed by atoms with Gasteiger partial charge in [0.2, 0.25) is 0 Å². The summed E-state index contributed by atoms with van der Waals surface area (Å²) in [7, 11) is 0. The van der Waals surface area contributed by atoms with Gasteiger partial charge >= 0.3 is 5.97 Å². The summed E-state index contributed by atoms with van der Waals surface area (Å²) in [6.45, 7) is 6.50. The zero-order valence-electron chi connectivity index (χ0n) is 17.1. The fraction of sp³-hybridized carbons (Fsp3) is 0.304. The van der Waals surface area contributed by atoms with Gasteiger partial charge in [0.05, 0.1) is 12.7 Å². The number of amides is 1. The van der Waals surface area contributed by atoms with Gasteiger partial charge in [0, 0.05) is 22.7 Å². The summed E-state index contributed by atoms with van der Waals surface area (Å²) >= 11 is 0. The first-order valence-electron chi connectivity index (χ1n) is 9.78. The SMILES string of the molecule is Cc1cc2occ(CC(=O)O[C@@H](C)C(=O)Nc3ccc4c(c3)OCCO4)c2cc1C. The number of rotatable bonds is 5. The summed E-state index contributed by atoms with van der Waals surface area (Å²) in [6.07, 6.45) is 0.634. The molecule has 0 unspecified atom stereocenters. The molecule has 1 aliphatic rings. The van der Waals surface area contributed by atoms with Crippen LogP contribution in [0.25, 0.3) is 11.0 Å². The third-order valence-corrected chi connectivity index (χ3v) is 5.09. The van der Waals surface area contributed by atoms with Gasteiger partial charge in [-0.25, -0.2) is 0 Å². The Bertz CT molecular complexity index is 1120. The Morgan fingerprint density at radius 2 is 1.80 bits per heavy atom. The molecule has 0 bridgehead atoms. The summed E-state index contributed by atoms with van der Waals surface area (Å²) in [5, 5.41) is 3.61. The van der Waals surface area contributed by atoms with Crippen molar-refractivity contribution in [1.82, 2.24) is 0 Å². The number of ether oxygens (including phenoxy) is 3. The number of hydrogen-bond acceptors (Lipinski definition) is 6. The van der Waals surface area contributed by atoms with E-state index >= 15 is 0 Å². The van der Waals surface area contributed by atoms with Crippen LogP contribution in [0.3, 0.4) is 0 Å². The third-order valence-electron chi connectivity index (χ3n) is 5.09. The van der Waals surface area contributed by atoms with Gasteiger partial charge in [-0.1, -0.05) is 0 Å². The standard InChI is InChI=1S/C23H23NO6/c1-13-8-18-16(12-29-20(18)9-14(13)2)10-22(25)30-15(3)23(26)24-17-4-5-19-21(11-17)28-7-6-27-19/h4-5,8-9,11-12,15H,6-7,10H2,1-3H3,(H,24,26)/t15-/m0/s1. The first-order valence-corrected chi connectivity index (χ1v) is 9.78. The van der Waals surface area contributed by atoms with Crippen molar-refractivity contribution in [2.45, 2.75) is 33.3 Å². The molecule has 4 rings (SSSR count). The maximum atomic E-state index is 12.4. The van der Waals surface area contributed by atoms with Gasteiger partial charge in [0.15, 0.2) is 17.6 Å². The van der Waals surface area contributed by atoms with Gasteiger partial charge in [-0.2, -0.15) is 0 Å². The van der Waals surface area contributed by atoms with Crippen molar-refractivity contribution in [2.24, 2.45) is 0 Å². The molecular weight excluding hydrogens is 386 g/mol. The first-order chi connectivity index (χ1) is 14.4. The Labute approximate surface area is 173 Å². The molecule has 1 N–H and O–H groups in total. The van der Waals surface area contributed by atoms with Crippen LogP contribution in [-0.4, -0.2) is 31.2 Å². The van der Waals surface area contributed by atoms with Crippen LogP contribution < -0.4 is 14.8 Å². The fourth-order valence-electron chi connectivity index (χ4n) is 3.29. The second-order valence-corrected chi connectivity index (χ2v) is 7.35. The van der Waals surface area contributed by atoms with Crippen molar-refractivity contribution in [2.75, 3.05) is 18.5 Å². The second kappa shape index (κ2) is 8.10. The molecule has 7 heteroatoms. The van der Waals surface area contributed by atoms with Crippen LogP contribution in [0.15, 0.2) is 41.0 Å². The minimum atomic E-state index is -0.951. The summed E-state index contributed by atoms with van der Waals surface area (Å²) in [6, 6.07) is 9.07. The normalized spacial score (nSPS) is 13.7. The highest BCUT2D eigenvalue weighted by Gasteiger charge is 2.21. The van der Waals surface area contributed by atoms with Crippen LogP contribution in [-0.2, 0) is 20.7 Å². The van der Waals surface area contributed by atoms with E-state index in [4.69, 9.17) is 18.6 Å². The number of furan rings is 1. The van der Waals surface area contributed by atoms with Crippen molar-refractivity contribution in [3.8, 4) is 11.5 Å². The molecule has 3 aromatic rings. The number of fused-ring (bicyclic) bond motifs is 2. The number of carbonyl (C=O) groups excluding carboxylic acids is 2. The lowest BCUT2D eigenvalue weighted by molar-refractivity contribution is -0.152. The Hall–Kier alpha value is -3.48. The van der Waals surface area contributed by atoms with Crippen molar-refractivity contribution in [3.63, 3.8) is 0 Å². The molecule has 30 heavy (non-hydrogen) atoms. The van der Waals surface area contributed by atoms with Gasteiger partial charge in [0.1, 0.15) is 18.8 Å². The largest absolute Gasteiger partial charge is 0.486 e. The van der Waals surface area contributed by atoms with Crippen LogP contribution in [0.2, 0.25) is 0 Å². The van der Waals surface area contributed by atoms with Crippen LogP contribution >= 0.6 is 0 Å². The Morgan fingerprint density at radius 3 is 2.60 bits per heavy atom. The van der Waals surface area contributed by atoms with E-state index in [-0.39, 0.29) is 6.42 Å². The van der Waals surface area contributed by atoms with E-state index in [1.54, 1.807) is 24.5 Å². The molecule has 1 aromatic heterocycles. The minimum absolute atomic E-state index is 0.0249. The third kappa shape index (κ3) is 4.10. The average molecular weight is 409 g/mol. The zero-order valence-corrected chi connectivity index (χ0v) is 17.1. The van der Waals surface area contributed by atoms with E-state index in [0.717, 1.165) is 27.7 Å². The Kier molecular flexibility index (Phi) is 5.35. The predicted octanol–water partition coefficient (Wildman–Crippen LogP) is 3.93. The lowest BCUT2D eigenvalue weighted by Crippen LogP contribution is -2.30. The van der Waals surface area contributed by atoms with Crippen molar-refractivity contribution < 1.29 is 28.2 Å². The Morgan fingerprint density at radius 1 is 1.07 bits per heavy atom. The minimum Gasteiger partial charge on any atom is -0.486 e. The first kappa shape index (κ1) is 19.8. The van der Waals surface area contributed by atoms with Gasteiger partial charge in [0.25, 0.3) is 5.91 Å². The molecule has 0 aliphatic carbocycles. The molecule has 156 valence electrons. The molecule has 0 radical (unpaired) electrons. The van der Waals surface area contributed by atoms with E-state index in [9.17, 15) is 9.59 Å². The van der Waals surface area contributed by atoms with Crippen molar-refractivity contribution in [3.05, 3.63) is 53.3 Å². The van der Waals surface area contributed by atoms with Crippen LogP contribution in [0.4, 0.5) is 5.69 Å². The lowest BCUT2D eigenvalue weighted by atomic mass is 10.0. The van der Waals surface area contributed by atoms with Gasteiger partial charge < -0.3 is 23.9 Å². The molecule has 7 nitrogen and oxygen atoms in total. The molecule has 2 heterocycles. The average Bonchev–Trinajstić information content (AvgIpc) is 3.09. The van der Waals surface area contributed by atoms with Crippen LogP contribution in [0.5, 0.6) is 11.5 Å². The van der Waals surface area contributed by atoms with E-state index in [2.05, 4.69) is 5.32 Å². The molecule has 2 aromatic carbocycles. The lowest BCUT2D eigenvalue weighted by Gasteiger charge is -2.19. The highest BCUT2D eigenvalue weighted by molar-refractivity contribution is 5.95. The molecule has 1 atom stereocenters. The number of esters is 1. The number of carbonyl (C=O) groups is 2. The van der Waals surface area contributed by atoms with Crippen molar-refractivity contribution >= 4 is 28.5 Å². The summed E-state index contributed by atoms with van der Waals surface area (Å²) in [4.78, 5) is 24.8. The van der Waals surface area contributed by atoms with Crippen LogP contribution in [0.1, 0.15) is 23.6 Å². The summed E-state index contributed by atoms with van der Waals surface area (Å²) < 4.78 is 21.9. The molecule has 1 amide bonds. The maximum absolute atomic E-state index is 12.4. The summed E-state index contributed by atoms with van der Waals surface area (Å²) in [5.74, 6) is 0.279. The number of hydrogen-bond donors (Lipinski definition) is 1. The monoisotopic (exact) mass is 409 g/mol. The highest BCUT2D eigenvalue weighted by Crippen LogP contribution is 2.32. The van der Waals surface area contributed by atoms with E-state index < -0.39 is 18.0 Å².